The van der Waals surface area contributed by atoms with Crippen molar-refractivity contribution >= 4 is 18.2 Å². The topological polar surface area (TPSA) is 91.9 Å². The first-order valence-electron chi connectivity index (χ1n) is 20.6. The fraction of sp³-hybridized carbons (Fsp3) is 0.878. The molecule has 4 aliphatic heterocycles. The van der Waals surface area contributed by atoms with Crippen LogP contribution in [0.5, 0.6) is 0 Å². The van der Waals surface area contributed by atoms with Gasteiger partial charge < -0.3 is 33.8 Å². The highest BCUT2D eigenvalue weighted by atomic mass is 16.5. The lowest BCUT2D eigenvalue weighted by atomic mass is 10.0. The van der Waals surface area contributed by atoms with Gasteiger partial charge in [0.15, 0.2) is 0 Å². The molecule has 4 fully saturated rings. The molecular weight excluding hydrogens is 644 g/mol. The Labute approximate surface area is 313 Å². The first-order valence-corrected chi connectivity index (χ1v) is 20.6. The van der Waals surface area contributed by atoms with Crippen molar-refractivity contribution < 1.29 is 28.6 Å². The Bertz CT molecular complexity index is 928. The minimum atomic E-state index is 0.0732. The number of hydrogen-bond acceptors (Lipinski definition) is 7. The quantitative estimate of drug-likeness (QED) is 0.162. The number of likely N-dealkylation sites (tertiary alicyclic amines) is 4. The van der Waals surface area contributed by atoms with E-state index in [-0.39, 0.29) is 29.9 Å². The second kappa shape index (κ2) is 27.6. The van der Waals surface area contributed by atoms with Crippen molar-refractivity contribution in [2.24, 2.45) is 11.8 Å². The summed E-state index contributed by atoms with van der Waals surface area (Å²) in [5, 5.41) is 0. The molecule has 51 heavy (non-hydrogen) atoms. The van der Waals surface area contributed by atoms with Gasteiger partial charge in [0, 0.05) is 64.9 Å². The van der Waals surface area contributed by atoms with Gasteiger partial charge in [-0.25, -0.2) is 0 Å². The smallest absolute Gasteiger partial charge is 0.246 e. The Morgan fingerprint density at radius 2 is 1.10 bits per heavy atom. The van der Waals surface area contributed by atoms with E-state index < -0.39 is 0 Å². The highest BCUT2D eigenvalue weighted by Gasteiger charge is 2.29. The minimum absolute atomic E-state index is 0.0732. The summed E-state index contributed by atoms with van der Waals surface area (Å²) in [6.45, 7) is 29.7. The van der Waals surface area contributed by atoms with Crippen molar-refractivity contribution in [1.82, 2.24) is 19.6 Å². The van der Waals surface area contributed by atoms with Crippen LogP contribution in [-0.2, 0) is 28.6 Å². The summed E-state index contributed by atoms with van der Waals surface area (Å²) in [6.07, 6.45) is 15.6. The van der Waals surface area contributed by atoms with E-state index in [1.54, 1.807) is 6.08 Å². The first-order chi connectivity index (χ1) is 24.4. The first kappa shape index (κ1) is 47.0. The van der Waals surface area contributed by atoms with Crippen molar-refractivity contribution in [3.05, 3.63) is 12.2 Å². The van der Waals surface area contributed by atoms with E-state index >= 15 is 0 Å². The molecule has 10 nitrogen and oxygen atoms in total. The molecule has 0 aromatic heterocycles. The van der Waals surface area contributed by atoms with Crippen LogP contribution in [0.1, 0.15) is 127 Å². The van der Waals surface area contributed by atoms with Crippen LogP contribution in [0.3, 0.4) is 0 Å². The number of carbonyl (C=O) groups excluding carboxylic acids is 3. The lowest BCUT2D eigenvalue weighted by Crippen LogP contribution is -2.45. The molecule has 4 aliphatic rings. The summed E-state index contributed by atoms with van der Waals surface area (Å²) in [5.74, 6) is 0.842. The fourth-order valence-corrected chi connectivity index (χ4v) is 6.75. The van der Waals surface area contributed by atoms with Gasteiger partial charge in [0.2, 0.25) is 18.2 Å². The van der Waals surface area contributed by atoms with Crippen LogP contribution < -0.4 is 0 Å². The average molecular weight is 723 g/mol. The highest BCUT2D eigenvalue weighted by Crippen LogP contribution is 2.23. The molecule has 0 unspecified atom stereocenters. The van der Waals surface area contributed by atoms with Crippen molar-refractivity contribution in [1.29, 1.82) is 0 Å². The van der Waals surface area contributed by atoms with Gasteiger partial charge in [-0.15, -0.1) is 0 Å². The van der Waals surface area contributed by atoms with E-state index in [4.69, 9.17) is 14.2 Å². The van der Waals surface area contributed by atoms with Crippen LogP contribution >= 0.6 is 0 Å². The van der Waals surface area contributed by atoms with Gasteiger partial charge in [-0.05, 0) is 97.1 Å². The maximum absolute atomic E-state index is 12.1. The van der Waals surface area contributed by atoms with Crippen LogP contribution in [0.25, 0.3) is 0 Å². The maximum atomic E-state index is 12.1. The molecule has 3 amide bonds. The Kier molecular flexibility index (Phi) is 25.4. The lowest BCUT2D eigenvalue weighted by molar-refractivity contribution is -0.138. The normalized spacial score (nSPS) is 20.1. The molecule has 0 saturated carbocycles. The zero-order valence-electron chi connectivity index (χ0n) is 34.4. The molecule has 0 atom stereocenters. The minimum Gasteiger partial charge on any atom is -0.379 e. The third-order valence-electron chi connectivity index (χ3n) is 9.59. The summed E-state index contributed by atoms with van der Waals surface area (Å²) >= 11 is 0. The number of amides is 3. The summed E-state index contributed by atoms with van der Waals surface area (Å²) < 4.78 is 17.5. The number of ether oxygens (including phenoxy) is 3. The Morgan fingerprint density at radius 1 is 0.667 bits per heavy atom. The summed E-state index contributed by atoms with van der Waals surface area (Å²) in [4.78, 5) is 43.1. The van der Waals surface area contributed by atoms with E-state index in [1.165, 1.54) is 38.9 Å². The third kappa shape index (κ3) is 20.1. The Hall–Kier alpha value is -2.01. The summed E-state index contributed by atoms with van der Waals surface area (Å²) in [6, 6.07) is 0. The predicted molar refractivity (Wildman–Crippen MR) is 209 cm³/mol. The molecule has 10 heteroatoms. The van der Waals surface area contributed by atoms with Crippen LogP contribution in [0.4, 0.5) is 0 Å². The highest BCUT2D eigenvalue weighted by molar-refractivity contribution is 5.87. The zero-order valence-corrected chi connectivity index (χ0v) is 34.4. The number of piperidine rings is 4. The zero-order chi connectivity index (χ0) is 38.2. The van der Waals surface area contributed by atoms with Crippen LogP contribution in [0.2, 0.25) is 0 Å². The molecule has 298 valence electrons. The van der Waals surface area contributed by atoms with Gasteiger partial charge in [-0.3, -0.25) is 14.4 Å². The molecule has 4 heterocycles. The maximum Gasteiger partial charge on any atom is 0.246 e. The third-order valence-corrected chi connectivity index (χ3v) is 9.59. The Balaban J connectivity index is 0.000000435. The lowest BCUT2D eigenvalue weighted by Gasteiger charge is -2.37. The second-order valence-corrected chi connectivity index (χ2v) is 15.0. The van der Waals surface area contributed by atoms with Gasteiger partial charge in [-0.2, -0.15) is 0 Å². The standard InChI is InChI=1S/C20H34N2O3.C14H26N2O2.C5H12O.C2H6/c1-15(2)5-6-19(23)21-11-7-17(8-12-21)25-18-9-13-22(14-10-18)20(24)16(3)4;1-2-7-15-8-3-13(4-9-15)18-14-5-10-16(12-17)11-6-14;1-4-6-5(2)3;1-2/h5-6,15-18H,7-14H2,1-4H3;12-14H,2-11H2,1H3;5H,4H2,1-3H3;1-2H3/b6-5+;;;. The number of rotatable bonds is 12. The van der Waals surface area contributed by atoms with E-state index in [9.17, 15) is 14.4 Å². The van der Waals surface area contributed by atoms with Crippen molar-refractivity contribution in [3.8, 4) is 0 Å². The van der Waals surface area contributed by atoms with Crippen LogP contribution in [0.15, 0.2) is 12.2 Å². The molecule has 0 spiro atoms. The van der Waals surface area contributed by atoms with E-state index in [0.717, 1.165) is 90.8 Å². The molecule has 0 aromatic carbocycles. The van der Waals surface area contributed by atoms with E-state index in [2.05, 4.69) is 25.7 Å². The van der Waals surface area contributed by atoms with Crippen molar-refractivity contribution in [2.75, 3.05) is 65.5 Å². The van der Waals surface area contributed by atoms with Crippen molar-refractivity contribution in [3.63, 3.8) is 0 Å². The van der Waals surface area contributed by atoms with Crippen LogP contribution in [0, 0.1) is 11.8 Å². The Morgan fingerprint density at radius 3 is 1.45 bits per heavy atom. The molecule has 0 N–H and O–H groups in total. The number of nitrogens with zero attached hydrogens (tertiary/aromatic N) is 4. The second-order valence-electron chi connectivity index (χ2n) is 15.0. The average Bonchev–Trinajstić information content (AvgIpc) is 3.13. The molecule has 0 aromatic rings. The molecule has 4 rings (SSSR count). The molecule has 0 aliphatic carbocycles. The number of carbonyl (C=O) groups is 3. The van der Waals surface area contributed by atoms with E-state index in [0.29, 0.717) is 24.2 Å². The number of hydrogen-bond donors (Lipinski definition) is 0. The van der Waals surface area contributed by atoms with E-state index in [1.807, 2.05) is 69.2 Å². The summed E-state index contributed by atoms with van der Waals surface area (Å²) in [7, 11) is 0. The SMILES string of the molecule is CC.CC(C)/C=C/C(=O)N1CCC(OC2CCN(C(=O)C(C)C)CC2)CC1.CCCN1CCC(OC2CCN(C=O)CC2)CC1.CCOC(C)C. The predicted octanol–water partition coefficient (Wildman–Crippen LogP) is 6.81. The van der Waals surface area contributed by atoms with Crippen molar-refractivity contribution in [2.45, 2.75) is 158 Å². The molecule has 0 radical (unpaired) electrons. The number of allylic oxidation sites excluding steroid dienone is 1. The largest absolute Gasteiger partial charge is 0.379 e. The van der Waals surface area contributed by atoms with Gasteiger partial charge in [-0.1, -0.05) is 54.5 Å². The van der Waals surface area contributed by atoms with Gasteiger partial charge >= 0.3 is 0 Å². The van der Waals surface area contributed by atoms with Gasteiger partial charge in [0.05, 0.1) is 30.5 Å². The summed E-state index contributed by atoms with van der Waals surface area (Å²) in [5.41, 5.74) is 0. The fourth-order valence-electron chi connectivity index (χ4n) is 6.75. The monoisotopic (exact) mass is 723 g/mol. The molecule has 0 bridgehead atoms. The van der Waals surface area contributed by atoms with Crippen LogP contribution in [-0.4, -0.2) is 134 Å². The van der Waals surface area contributed by atoms with Gasteiger partial charge in [0.25, 0.3) is 0 Å². The van der Waals surface area contributed by atoms with Gasteiger partial charge in [0.1, 0.15) is 0 Å². The molecule has 4 saturated heterocycles. The molecular formula is C41H78N4O6.